The van der Waals surface area contributed by atoms with Crippen LogP contribution in [0.3, 0.4) is 0 Å². The second-order valence-electron chi connectivity index (χ2n) is 16.5. The van der Waals surface area contributed by atoms with E-state index in [-0.39, 0.29) is 25.8 Å². The van der Waals surface area contributed by atoms with Crippen LogP contribution in [-0.2, 0) is 25.8 Å². The molecular weight excluding hydrogens is 879 g/mol. The molecular formula is C56H57HfSi-3. The minimum Gasteiger partial charge on any atom is -0.184 e. The van der Waals surface area contributed by atoms with Gasteiger partial charge in [-0.2, -0.15) is 41.6 Å². The molecule has 1 aliphatic rings. The molecule has 292 valence electrons. The molecule has 0 aliphatic carbocycles. The van der Waals surface area contributed by atoms with Crippen LogP contribution in [0.5, 0.6) is 0 Å². The molecule has 0 saturated heterocycles. The van der Waals surface area contributed by atoms with Gasteiger partial charge in [0.1, 0.15) is 0 Å². The summed E-state index contributed by atoms with van der Waals surface area (Å²) >= 11 is 0. The maximum absolute atomic E-state index is 3.31. The topological polar surface area (TPSA) is 0 Å². The molecule has 1 heterocycles. The van der Waals surface area contributed by atoms with Gasteiger partial charge in [-0.1, -0.05) is 134 Å². The quantitative estimate of drug-likeness (QED) is 0.115. The summed E-state index contributed by atoms with van der Waals surface area (Å²) in [7, 11) is 0.795. The predicted molar refractivity (Wildman–Crippen MR) is 252 cm³/mol. The smallest absolute Gasteiger partial charge is 0.0920 e. The van der Waals surface area contributed by atoms with E-state index in [1.54, 1.807) is 0 Å². The van der Waals surface area contributed by atoms with Crippen molar-refractivity contribution in [3.05, 3.63) is 178 Å². The zero-order valence-corrected chi connectivity index (χ0v) is 40.8. The van der Waals surface area contributed by atoms with Gasteiger partial charge in [-0.05, 0) is 86.8 Å². The van der Waals surface area contributed by atoms with Gasteiger partial charge in [-0.3, -0.25) is 0 Å². The second kappa shape index (κ2) is 18.7. The van der Waals surface area contributed by atoms with E-state index < -0.39 is 0 Å². The first-order valence-corrected chi connectivity index (χ1v) is 21.9. The Balaban J connectivity index is 0.000000150. The number of fused-ring (bicyclic) bond motifs is 5. The van der Waals surface area contributed by atoms with Crippen LogP contribution >= 0.6 is 0 Å². The number of hydrogen-bond donors (Lipinski definition) is 0. The Morgan fingerprint density at radius 3 is 1.48 bits per heavy atom. The minimum absolute atomic E-state index is 0. The first-order chi connectivity index (χ1) is 27.5. The summed E-state index contributed by atoms with van der Waals surface area (Å²) in [5.74, 6) is 1.25. The summed E-state index contributed by atoms with van der Waals surface area (Å²) in [6.07, 6.45) is 2.38. The molecule has 2 unspecified atom stereocenters. The van der Waals surface area contributed by atoms with Crippen molar-refractivity contribution in [2.75, 3.05) is 0 Å². The first kappa shape index (κ1) is 43.2. The summed E-state index contributed by atoms with van der Waals surface area (Å²) in [5.41, 5.74) is 19.4. The molecule has 0 N–H and O–H groups in total. The molecule has 58 heavy (non-hydrogen) atoms. The summed E-state index contributed by atoms with van der Waals surface area (Å²) < 4.78 is 0. The third-order valence-electron chi connectivity index (χ3n) is 12.4. The van der Waals surface area contributed by atoms with Crippen molar-refractivity contribution in [1.29, 1.82) is 0 Å². The monoisotopic (exact) mass is 937 g/mol. The number of hydrogen-bond acceptors (Lipinski definition) is 0. The van der Waals surface area contributed by atoms with Crippen LogP contribution in [0.4, 0.5) is 0 Å². The number of aryl methyl sites for hydroxylation is 4. The Bertz CT molecular complexity index is 2500. The average Bonchev–Trinajstić information content (AvgIpc) is 3.96. The summed E-state index contributed by atoms with van der Waals surface area (Å²) in [6.45, 7) is 22.4. The van der Waals surface area contributed by atoms with Crippen molar-refractivity contribution in [1.82, 2.24) is 0 Å². The molecule has 1 aliphatic heterocycles. The van der Waals surface area contributed by atoms with E-state index in [0.29, 0.717) is 11.8 Å². The van der Waals surface area contributed by atoms with Crippen LogP contribution in [0, 0.1) is 47.6 Å². The van der Waals surface area contributed by atoms with Crippen molar-refractivity contribution in [3.8, 4) is 33.4 Å². The Morgan fingerprint density at radius 1 is 0.517 bits per heavy atom. The van der Waals surface area contributed by atoms with E-state index in [4.69, 9.17) is 0 Å². The normalized spacial score (nSPS) is 12.4. The molecule has 0 nitrogen and oxygen atoms in total. The minimum atomic E-state index is 0. The van der Waals surface area contributed by atoms with Gasteiger partial charge in [-0.25, -0.2) is 0 Å². The van der Waals surface area contributed by atoms with E-state index in [1.807, 2.05) is 6.07 Å². The molecule has 0 aromatic heterocycles. The zero-order chi connectivity index (χ0) is 40.4. The van der Waals surface area contributed by atoms with Gasteiger partial charge in [0.25, 0.3) is 0 Å². The Kier molecular flexibility index (Phi) is 13.9. The zero-order valence-electron chi connectivity index (χ0n) is 36.2. The second-order valence-corrected chi connectivity index (χ2v) is 17.7. The summed E-state index contributed by atoms with van der Waals surface area (Å²) in [5, 5.41) is 8.35. The summed E-state index contributed by atoms with van der Waals surface area (Å²) in [4.78, 5) is 0. The van der Waals surface area contributed by atoms with Crippen LogP contribution in [0.25, 0.3) is 54.9 Å². The van der Waals surface area contributed by atoms with E-state index >= 15 is 0 Å². The number of rotatable bonds is 6. The molecule has 0 saturated carbocycles. The predicted octanol–water partition coefficient (Wildman–Crippen LogP) is 14.4. The molecule has 2 atom stereocenters. The van der Waals surface area contributed by atoms with Gasteiger partial charge in [0.15, 0.2) is 0 Å². The van der Waals surface area contributed by atoms with Crippen LogP contribution in [0.2, 0.25) is 0 Å². The Labute approximate surface area is 370 Å². The van der Waals surface area contributed by atoms with E-state index in [1.165, 1.54) is 123 Å². The molecule has 0 amide bonds. The fourth-order valence-corrected chi connectivity index (χ4v) is 9.70. The largest absolute Gasteiger partial charge is 0.184 e. The van der Waals surface area contributed by atoms with Crippen molar-refractivity contribution >= 4 is 41.4 Å². The molecule has 2 radical (unpaired) electrons. The number of benzene rings is 6. The van der Waals surface area contributed by atoms with E-state index in [2.05, 4.69) is 197 Å². The first-order valence-electron chi connectivity index (χ1n) is 20.9. The third-order valence-corrected chi connectivity index (χ3v) is 13.8. The van der Waals surface area contributed by atoms with Crippen LogP contribution in [0.15, 0.2) is 127 Å². The fourth-order valence-electron chi connectivity index (χ4n) is 8.39. The third kappa shape index (κ3) is 8.95. The van der Waals surface area contributed by atoms with Crippen LogP contribution in [0.1, 0.15) is 96.9 Å². The Morgan fingerprint density at radius 2 is 0.983 bits per heavy atom. The molecule has 0 bridgehead atoms. The maximum atomic E-state index is 3.31. The van der Waals surface area contributed by atoms with Gasteiger partial charge in [-0.15, -0.1) is 74.6 Å². The van der Waals surface area contributed by atoms with Crippen molar-refractivity contribution in [2.45, 2.75) is 93.9 Å². The van der Waals surface area contributed by atoms with Crippen molar-refractivity contribution in [2.24, 2.45) is 0 Å². The van der Waals surface area contributed by atoms with Crippen LogP contribution < -0.4 is 10.4 Å². The standard InChI is InChI=1S/2C22H25.C12H7Si.Hf/c2*1-6-15(3)19-12-18-8-7-9-20(22(18)13-19)21-11-14(2)10-16(4)17(21)5;1-3-7-11-9(5-1)10-6-2-4-8-12(10)13-11;/h2*7-13,15H,6H2,1-5H3;1-7H;/q3*-1;. The summed E-state index contributed by atoms with van der Waals surface area (Å²) in [6, 6.07) is 50.3. The maximum Gasteiger partial charge on any atom is 0.0920 e. The SMILES string of the molecule is CCC(C)c1cc2c(-c3cc(C)cc(C)c3C)cccc2[cH-]1.CCC(C)c1cc2c(-c3cc(C)cc(C)c3C)cccc2[cH-]1.[Hf].[c-]1cccc2c1[Si]c1ccccc1-2. The molecule has 9 rings (SSSR count). The van der Waals surface area contributed by atoms with E-state index in [9.17, 15) is 0 Å². The molecule has 0 fully saturated rings. The van der Waals surface area contributed by atoms with Gasteiger partial charge in [0, 0.05) is 25.8 Å². The van der Waals surface area contributed by atoms with Crippen molar-refractivity contribution in [3.63, 3.8) is 0 Å². The van der Waals surface area contributed by atoms with Gasteiger partial charge < -0.3 is 0 Å². The molecule has 8 aromatic rings. The molecule has 8 aromatic carbocycles. The molecule has 0 spiro atoms. The van der Waals surface area contributed by atoms with Gasteiger partial charge in [0.05, 0.1) is 9.52 Å². The van der Waals surface area contributed by atoms with Crippen LogP contribution in [-0.4, -0.2) is 9.52 Å². The molecule has 2 heteroatoms. The van der Waals surface area contributed by atoms with Gasteiger partial charge in [0.2, 0.25) is 0 Å². The Hall–Kier alpha value is -4.37. The fraction of sp³-hybridized carbons (Fsp3) is 0.250. The van der Waals surface area contributed by atoms with Gasteiger partial charge >= 0.3 is 0 Å². The van der Waals surface area contributed by atoms with Crippen molar-refractivity contribution < 1.29 is 25.8 Å². The average molecular weight is 937 g/mol. The van der Waals surface area contributed by atoms with E-state index in [0.717, 1.165) is 9.52 Å².